The van der Waals surface area contributed by atoms with Crippen LogP contribution in [0.5, 0.6) is 0 Å². The number of benzene rings is 3. The number of hydrogen-bond donors (Lipinski definition) is 2. The third-order valence-electron chi connectivity index (χ3n) is 5.15. The average Bonchev–Trinajstić information content (AvgIpc) is 3.09. The Morgan fingerprint density at radius 1 is 1.00 bits per heavy atom. The van der Waals surface area contributed by atoms with Crippen LogP contribution in [0.15, 0.2) is 72.8 Å². The number of anilines is 2. The summed E-state index contributed by atoms with van der Waals surface area (Å²) in [5.41, 5.74) is 2.61. The molecular weight excluding hydrogens is 382 g/mol. The Bertz CT molecular complexity index is 1130. The van der Waals surface area contributed by atoms with Gasteiger partial charge in [-0.25, -0.2) is 0 Å². The number of amides is 1. The van der Waals surface area contributed by atoms with Crippen molar-refractivity contribution in [2.75, 3.05) is 17.2 Å². The van der Waals surface area contributed by atoms with Crippen LogP contribution in [-0.4, -0.2) is 23.2 Å². The lowest BCUT2D eigenvalue weighted by molar-refractivity contribution is -0.384. The van der Waals surface area contributed by atoms with Crippen molar-refractivity contribution in [2.45, 2.75) is 12.3 Å². The fourth-order valence-corrected chi connectivity index (χ4v) is 3.64. The quantitative estimate of drug-likeness (QED) is 0.348. The third-order valence-corrected chi connectivity index (χ3v) is 5.15. The molecule has 0 saturated heterocycles. The topological polar surface area (TPSA) is 101 Å². The lowest BCUT2D eigenvalue weighted by Gasteiger charge is -2.12. The van der Waals surface area contributed by atoms with Crippen molar-refractivity contribution in [1.29, 1.82) is 0 Å². The Morgan fingerprint density at radius 2 is 1.73 bits per heavy atom. The van der Waals surface area contributed by atoms with Gasteiger partial charge < -0.3 is 10.6 Å². The molecule has 0 spiro atoms. The summed E-state index contributed by atoms with van der Waals surface area (Å²) in [6.07, 6.45) is 0.491. The highest BCUT2D eigenvalue weighted by Crippen LogP contribution is 2.34. The van der Waals surface area contributed by atoms with E-state index >= 15 is 0 Å². The number of nitro benzene ring substituents is 1. The highest BCUT2D eigenvalue weighted by molar-refractivity contribution is 6.09. The van der Waals surface area contributed by atoms with Crippen molar-refractivity contribution in [3.05, 3.63) is 99.6 Å². The predicted molar refractivity (Wildman–Crippen MR) is 114 cm³/mol. The monoisotopic (exact) mass is 401 g/mol. The molecule has 3 aromatic rings. The van der Waals surface area contributed by atoms with E-state index in [-0.39, 0.29) is 28.9 Å². The molecule has 1 atom stereocenters. The molecule has 0 saturated carbocycles. The minimum absolute atomic E-state index is 0.0729. The van der Waals surface area contributed by atoms with Gasteiger partial charge in [0.05, 0.1) is 10.8 Å². The molecule has 1 aliphatic rings. The Hall–Kier alpha value is -4.00. The summed E-state index contributed by atoms with van der Waals surface area (Å²) >= 11 is 0. The highest BCUT2D eigenvalue weighted by Gasteiger charge is 2.29. The van der Waals surface area contributed by atoms with E-state index in [0.717, 1.165) is 11.3 Å². The van der Waals surface area contributed by atoms with Gasteiger partial charge in [0.25, 0.3) is 5.69 Å². The number of carbonyl (C=O) groups is 2. The van der Waals surface area contributed by atoms with Crippen molar-refractivity contribution in [2.24, 2.45) is 0 Å². The van der Waals surface area contributed by atoms with Crippen molar-refractivity contribution in [3.8, 4) is 0 Å². The summed E-state index contributed by atoms with van der Waals surface area (Å²) in [6, 6.07) is 20.5. The summed E-state index contributed by atoms with van der Waals surface area (Å²) in [4.78, 5) is 35.9. The van der Waals surface area contributed by atoms with Crippen LogP contribution in [-0.2, 0) is 4.79 Å². The van der Waals surface area contributed by atoms with E-state index in [1.165, 1.54) is 12.1 Å². The Balaban J connectivity index is 1.49. The van der Waals surface area contributed by atoms with Gasteiger partial charge in [-0.2, -0.15) is 0 Å². The van der Waals surface area contributed by atoms with Crippen LogP contribution in [0.4, 0.5) is 17.1 Å². The van der Waals surface area contributed by atoms with E-state index in [9.17, 15) is 19.7 Å². The molecule has 30 heavy (non-hydrogen) atoms. The molecule has 1 heterocycles. The molecule has 0 radical (unpaired) electrons. The van der Waals surface area contributed by atoms with Gasteiger partial charge in [0, 0.05) is 29.4 Å². The molecule has 7 nitrogen and oxygen atoms in total. The van der Waals surface area contributed by atoms with E-state index in [2.05, 4.69) is 10.6 Å². The van der Waals surface area contributed by atoms with Crippen molar-refractivity contribution in [3.63, 3.8) is 0 Å². The molecule has 0 aliphatic carbocycles. The fourth-order valence-electron chi connectivity index (χ4n) is 3.64. The summed E-state index contributed by atoms with van der Waals surface area (Å²) < 4.78 is 0. The second kappa shape index (κ2) is 8.16. The normalized spacial score (nSPS) is 14.7. The molecule has 1 unspecified atom stereocenters. The lowest BCUT2D eigenvalue weighted by atomic mass is 9.97. The van der Waals surface area contributed by atoms with E-state index < -0.39 is 4.92 Å². The number of para-hydroxylation sites is 1. The average molecular weight is 401 g/mol. The molecule has 4 rings (SSSR count). The first-order valence-electron chi connectivity index (χ1n) is 9.56. The van der Waals surface area contributed by atoms with Crippen LogP contribution in [0.2, 0.25) is 0 Å². The third kappa shape index (κ3) is 3.77. The molecular formula is C23H19N3O4. The van der Waals surface area contributed by atoms with Crippen LogP contribution in [0.3, 0.4) is 0 Å². The summed E-state index contributed by atoms with van der Waals surface area (Å²) in [6.45, 7) is 0.374. The Labute approximate surface area is 172 Å². The number of nitrogens with zero attached hydrogens (tertiary/aromatic N) is 1. The van der Waals surface area contributed by atoms with Crippen molar-refractivity contribution >= 4 is 28.8 Å². The number of rotatable bonds is 7. The SMILES string of the molecule is O=C(c1ccccc1)c1ccc(NCCC2C(=O)Nc3ccccc32)c([N+](=O)[O-])c1. The lowest BCUT2D eigenvalue weighted by Crippen LogP contribution is -2.16. The zero-order chi connectivity index (χ0) is 21.1. The Kier molecular flexibility index (Phi) is 5.26. The summed E-state index contributed by atoms with van der Waals surface area (Å²) in [5, 5.41) is 17.5. The van der Waals surface area contributed by atoms with Gasteiger partial charge in [-0.1, -0.05) is 48.5 Å². The molecule has 1 amide bonds. The Morgan fingerprint density at radius 3 is 2.50 bits per heavy atom. The zero-order valence-electron chi connectivity index (χ0n) is 16.0. The van der Waals surface area contributed by atoms with Crippen LogP contribution in [0.1, 0.15) is 33.8 Å². The number of ketones is 1. The second-order valence-electron chi connectivity index (χ2n) is 7.03. The minimum Gasteiger partial charge on any atom is -0.379 e. The number of fused-ring (bicyclic) bond motifs is 1. The maximum atomic E-state index is 12.6. The minimum atomic E-state index is -0.512. The second-order valence-corrected chi connectivity index (χ2v) is 7.03. The first-order chi connectivity index (χ1) is 14.5. The zero-order valence-corrected chi connectivity index (χ0v) is 16.0. The van der Waals surface area contributed by atoms with Crippen LogP contribution >= 0.6 is 0 Å². The number of nitro groups is 1. The van der Waals surface area contributed by atoms with Gasteiger partial charge in [0.1, 0.15) is 5.69 Å². The highest BCUT2D eigenvalue weighted by atomic mass is 16.6. The molecule has 3 aromatic carbocycles. The van der Waals surface area contributed by atoms with Gasteiger partial charge in [0.2, 0.25) is 5.91 Å². The first kappa shape index (κ1) is 19.3. The largest absolute Gasteiger partial charge is 0.379 e. The molecule has 1 aliphatic heterocycles. The number of carbonyl (C=O) groups excluding carboxylic acids is 2. The van der Waals surface area contributed by atoms with E-state index in [1.54, 1.807) is 36.4 Å². The van der Waals surface area contributed by atoms with Gasteiger partial charge in [-0.3, -0.25) is 19.7 Å². The van der Waals surface area contributed by atoms with Gasteiger partial charge >= 0.3 is 0 Å². The number of nitrogens with one attached hydrogen (secondary N) is 2. The number of hydrogen-bond acceptors (Lipinski definition) is 5. The maximum absolute atomic E-state index is 12.6. The molecule has 150 valence electrons. The van der Waals surface area contributed by atoms with Crippen LogP contribution < -0.4 is 10.6 Å². The molecule has 7 heteroatoms. The van der Waals surface area contributed by atoms with E-state index in [1.807, 2.05) is 24.3 Å². The summed E-state index contributed by atoms with van der Waals surface area (Å²) in [7, 11) is 0. The smallest absolute Gasteiger partial charge is 0.293 e. The van der Waals surface area contributed by atoms with E-state index in [0.29, 0.717) is 24.2 Å². The van der Waals surface area contributed by atoms with Gasteiger partial charge in [0.15, 0.2) is 5.78 Å². The van der Waals surface area contributed by atoms with E-state index in [4.69, 9.17) is 0 Å². The van der Waals surface area contributed by atoms with Gasteiger partial charge in [-0.15, -0.1) is 0 Å². The molecule has 2 N–H and O–H groups in total. The van der Waals surface area contributed by atoms with Crippen molar-refractivity contribution in [1.82, 2.24) is 0 Å². The van der Waals surface area contributed by atoms with Gasteiger partial charge in [-0.05, 0) is 30.2 Å². The molecule has 0 aromatic heterocycles. The van der Waals surface area contributed by atoms with Crippen LogP contribution in [0, 0.1) is 10.1 Å². The predicted octanol–water partition coefficient (Wildman–Crippen LogP) is 4.36. The molecule has 0 fully saturated rings. The van der Waals surface area contributed by atoms with Crippen molar-refractivity contribution < 1.29 is 14.5 Å². The molecule has 0 bridgehead atoms. The van der Waals surface area contributed by atoms with Crippen LogP contribution in [0.25, 0.3) is 0 Å². The summed E-state index contributed by atoms with van der Waals surface area (Å²) in [5.74, 6) is -0.646. The fraction of sp³-hybridized carbons (Fsp3) is 0.130. The first-order valence-corrected chi connectivity index (χ1v) is 9.56. The standard InChI is InChI=1S/C23H19N3O4/c27-22(15-6-2-1-3-7-15)16-10-11-20(21(14-16)26(29)30)24-13-12-18-17-8-4-5-9-19(17)25-23(18)28/h1-11,14,18,24H,12-13H2,(H,25,28). The maximum Gasteiger partial charge on any atom is 0.293 e.